The second kappa shape index (κ2) is 9.46. The number of hydrogen-bond acceptors (Lipinski definition) is 4. The summed E-state index contributed by atoms with van der Waals surface area (Å²) >= 11 is 0. The number of carbonyl (C=O) groups excluding carboxylic acids is 1. The number of rotatable bonds is 7. The van der Waals surface area contributed by atoms with Gasteiger partial charge < -0.3 is 10.2 Å². The van der Waals surface area contributed by atoms with Gasteiger partial charge in [0.05, 0.1) is 0 Å². The lowest BCUT2D eigenvalue weighted by Crippen LogP contribution is -2.54. The highest BCUT2D eigenvalue weighted by molar-refractivity contribution is 7.83. The summed E-state index contributed by atoms with van der Waals surface area (Å²) < 4.78 is 11.4. The minimum Gasteiger partial charge on any atom is -0.350 e. The van der Waals surface area contributed by atoms with Crippen LogP contribution in [-0.4, -0.2) is 72.0 Å². The normalized spacial score (nSPS) is 18.9. The molecular formula is C19H31N3O2S. The fourth-order valence-electron chi connectivity index (χ4n) is 3.28. The van der Waals surface area contributed by atoms with Gasteiger partial charge in [-0.25, -0.2) is 0 Å². The second-order valence-corrected chi connectivity index (χ2v) is 8.71. The van der Waals surface area contributed by atoms with Crippen LogP contribution in [0.15, 0.2) is 24.3 Å². The van der Waals surface area contributed by atoms with Crippen LogP contribution in [0.25, 0.3) is 0 Å². The maximum absolute atomic E-state index is 12.5. The molecule has 2 unspecified atom stereocenters. The number of benzene rings is 1. The van der Waals surface area contributed by atoms with Crippen molar-refractivity contribution >= 4 is 16.7 Å². The maximum atomic E-state index is 12.5. The van der Waals surface area contributed by atoms with Gasteiger partial charge in [-0.1, -0.05) is 26.0 Å². The quantitative estimate of drug-likeness (QED) is 0.797. The molecule has 140 valence electrons. The first kappa shape index (κ1) is 20.1. The number of nitrogens with one attached hydrogen (secondary N) is 1. The lowest BCUT2D eigenvalue weighted by molar-refractivity contribution is 0.0791. The summed E-state index contributed by atoms with van der Waals surface area (Å²) in [6.07, 6.45) is 1.68. The van der Waals surface area contributed by atoms with Gasteiger partial charge in [0.2, 0.25) is 0 Å². The average molecular weight is 366 g/mol. The van der Waals surface area contributed by atoms with E-state index in [1.165, 1.54) is 0 Å². The van der Waals surface area contributed by atoms with E-state index < -0.39 is 10.8 Å². The molecule has 0 spiro atoms. The molecule has 1 aromatic carbocycles. The second-order valence-electron chi connectivity index (χ2n) is 7.28. The maximum Gasteiger partial charge on any atom is 0.251 e. The third-order valence-electron chi connectivity index (χ3n) is 4.81. The number of piperazine rings is 1. The highest BCUT2D eigenvalue weighted by atomic mass is 32.2. The van der Waals surface area contributed by atoms with Crippen molar-refractivity contribution in [1.82, 2.24) is 15.1 Å². The molecule has 1 aromatic rings. The van der Waals surface area contributed by atoms with Crippen molar-refractivity contribution in [3.8, 4) is 0 Å². The minimum atomic E-state index is -0.904. The molecule has 25 heavy (non-hydrogen) atoms. The van der Waals surface area contributed by atoms with Gasteiger partial charge in [0, 0.05) is 67.1 Å². The predicted octanol–water partition coefficient (Wildman–Crippen LogP) is 1.57. The Morgan fingerprint density at radius 2 is 1.92 bits per heavy atom. The summed E-state index contributed by atoms with van der Waals surface area (Å²) in [5.41, 5.74) is 1.58. The zero-order chi connectivity index (χ0) is 18.4. The predicted molar refractivity (Wildman–Crippen MR) is 104 cm³/mol. The Bertz CT molecular complexity index is 598. The molecule has 1 amide bonds. The summed E-state index contributed by atoms with van der Waals surface area (Å²) in [6.45, 7) is 9.34. The van der Waals surface area contributed by atoms with E-state index in [9.17, 15) is 9.00 Å². The molecule has 5 nitrogen and oxygen atoms in total. The summed E-state index contributed by atoms with van der Waals surface area (Å²) in [4.78, 5) is 17.4. The smallest absolute Gasteiger partial charge is 0.251 e. The van der Waals surface area contributed by atoms with E-state index in [1.807, 2.05) is 24.3 Å². The Morgan fingerprint density at radius 3 is 2.52 bits per heavy atom. The monoisotopic (exact) mass is 365 g/mol. The molecule has 1 aliphatic heterocycles. The summed E-state index contributed by atoms with van der Waals surface area (Å²) in [6, 6.07) is 7.79. The van der Waals surface area contributed by atoms with Crippen LogP contribution in [-0.2, 0) is 16.6 Å². The van der Waals surface area contributed by atoms with Crippen molar-refractivity contribution in [1.29, 1.82) is 0 Å². The first-order chi connectivity index (χ1) is 11.9. The van der Waals surface area contributed by atoms with Crippen LogP contribution in [0.3, 0.4) is 0 Å². The Labute approximate surface area is 154 Å². The average Bonchev–Trinajstić information content (AvgIpc) is 2.56. The van der Waals surface area contributed by atoms with Gasteiger partial charge in [0.25, 0.3) is 5.91 Å². The van der Waals surface area contributed by atoms with Crippen molar-refractivity contribution < 1.29 is 9.00 Å². The van der Waals surface area contributed by atoms with E-state index in [0.29, 0.717) is 29.8 Å². The Hall–Kier alpha value is -1.24. The third-order valence-corrected chi connectivity index (χ3v) is 5.55. The number of hydrogen-bond donors (Lipinski definition) is 1. The van der Waals surface area contributed by atoms with Crippen molar-refractivity contribution in [2.24, 2.45) is 5.92 Å². The Morgan fingerprint density at radius 1 is 1.24 bits per heavy atom. The molecule has 1 N–H and O–H groups in total. The van der Waals surface area contributed by atoms with Gasteiger partial charge in [-0.15, -0.1) is 0 Å². The van der Waals surface area contributed by atoms with Gasteiger partial charge in [-0.2, -0.15) is 0 Å². The van der Waals surface area contributed by atoms with Crippen LogP contribution in [0.5, 0.6) is 0 Å². The van der Waals surface area contributed by atoms with Gasteiger partial charge in [-0.05, 0) is 30.7 Å². The fourth-order valence-corrected chi connectivity index (χ4v) is 3.93. The molecule has 0 aromatic heterocycles. The van der Waals surface area contributed by atoms with Gasteiger partial charge in [-0.3, -0.25) is 13.9 Å². The molecule has 1 fully saturated rings. The van der Waals surface area contributed by atoms with Crippen LogP contribution >= 0.6 is 0 Å². The summed E-state index contributed by atoms with van der Waals surface area (Å²) in [5, 5.41) is 3.10. The van der Waals surface area contributed by atoms with E-state index in [1.54, 1.807) is 6.26 Å². The summed E-state index contributed by atoms with van der Waals surface area (Å²) in [7, 11) is 1.25. The molecule has 6 heteroatoms. The number of carbonyl (C=O) groups is 1. The topological polar surface area (TPSA) is 52.7 Å². The third kappa shape index (κ3) is 6.20. The highest BCUT2D eigenvalue weighted by Crippen LogP contribution is 2.13. The van der Waals surface area contributed by atoms with Crippen LogP contribution in [0.4, 0.5) is 0 Å². The fraction of sp³-hybridized carbons (Fsp3) is 0.632. The van der Waals surface area contributed by atoms with E-state index in [0.717, 1.165) is 31.7 Å². The van der Waals surface area contributed by atoms with E-state index in [-0.39, 0.29) is 5.91 Å². The zero-order valence-electron chi connectivity index (χ0n) is 15.8. The van der Waals surface area contributed by atoms with Crippen LogP contribution in [0.2, 0.25) is 0 Å². The van der Waals surface area contributed by atoms with Crippen molar-refractivity contribution in [2.75, 3.05) is 46.0 Å². The molecule has 0 bridgehead atoms. The standard InChI is InChI=1S/C19H31N3O2S/c1-15(2)18(22-10-8-21(3)9-11-22)13-20-19(23)17-7-5-6-16(12-17)14-25(4)24/h5-7,12,15,18H,8-11,13-14H2,1-4H3,(H,20,23). The first-order valence-corrected chi connectivity index (χ1v) is 10.7. The number of likely N-dealkylation sites (N-methyl/N-ethyl adjacent to an activating group) is 1. The molecule has 1 heterocycles. The molecule has 0 radical (unpaired) electrons. The minimum absolute atomic E-state index is 0.0523. The summed E-state index contributed by atoms with van der Waals surface area (Å²) in [5.74, 6) is 0.915. The molecule has 0 aliphatic carbocycles. The van der Waals surface area contributed by atoms with E-state index >= 15 is 0 Å². The molecular weight excluding hydrogens is 334 g/mol. The van der Waals surface area contributed by atoms with Crippen LogP contribution in [0.1, 0.15) is 29.8 Å². The zero-order valence-corrected chi connectivity index (χ0v) is 16.6. The van der Waals surface area contributed by atoms with Gasteiger partial charge >= 0.3 is 0 Å². The van der Waals surface area contributed by atoms with Crippen LogP contribution in [0, 0.1) is 5.92 Å². The molecule has 1 aliphatic rings. The van der Waals surface area contributed by atoms with Crippen LogP contribution < -0.4 is 5.32 Å². The van der Waals surface area contributed by atoms with Gasteiger partial charge in [0.1, 0.15) is 0 Å². The SMILES string of the molecule is CC(C)C(CNC(=O)c1cccc(CS(C)=O)c1)N1CCN(C)CC1. The van der Waals surface area contributed by atoms with Crippen molar-refractivity contribution in [3.63, 3.8) is 0 Å². The first-order valence-electron chi connectivity index (χ1n) is 8.96. The van der Waals surface area contributed by atoms with Gasteiger partial charge in [0.15, 0.2) is 0 Å². The van der Waals surface area contributed by atoms with Crippen molar-refractivity contribution in [3.05, 3.63) is 35.4 Å². The Balaban J connectivity index is 1.95. The number of amides is 1. The van der Waals surface area contributed by atoms with E-state index in [4.69, 9.17) is 0 Å². The molecule has 1 saturated heterocycles. The van der Waals surface area contributed by atoms with E-state index in [2.05, 4.69) is 36.0 Å². The largest absolute Gasteiger partial charge is 0.350 e. The lowest BCUT2D eigenvalue weighted by Gasteiger charge is -2.39. The highest BCUT2D eigenvalue weighted by Gasteiger charge is 2.25. The van der Waals surface area contributed by atoms with Crippen molar-refractivity contribution in [2.45, 2.75) is 25.6 Å². The molecule has 0 saturated carbocycles. The molecule has 2 rings (SSSR count). The Kier molecular flexibility index (Phi) is 7.59. The number of nitrogens with zero attached hydrogens (tertiary/aromatic N) is 2. The lowest BCUT2D eigenvalue weighted by atomic mass is 10.0. The molecule has 2 atom stereocenters.